The average molecular weight is 252 g/mol. The maximum Gasteiger partial charge on any atom is 0.387 e. The van der Waals surface area contributed by atoms with Gasteiger partial charge in [0.1, 0.15) is 5.82 Å². The van der Waals surface area contributed by atoms with E-state index in [1.807, 2.05) is 0 Å². The molecule has 0 unspecified atom stereocenters. The molecule has 0 aliphatic heterocycles. The summed E-state index contributed by atoms with van der Waals surface area (Å²) in [6.07, 6.45) is 0. The lowest BCUT2D eigenvalue weighted by molar-refractivity contribution is -0.0523. The highest BCUT2D eigenvalue weighted by atomic mass is 19.3. The van der Waals surface area contributed by atoms with Crippen LogP contribution in [0, 0.1) is 11.6 Å². The Labute approximate surface area is 93.9 Å². The number of rotatable bonds is 4. The highest BCUT2D eigenvalue weighted by Crippen LogP contribution is 2.23. The quantitative estimate of drug-likeness (QED) is 0.610. The first-order valence-electron chi connectivity index (χ1n) is 4.56. The minimum absolute atomic E-state index is 0.0271. The molecular weight excluding hydrogens is 244 g/mol. The number of hydrogen-bond acceptors (Lipinski definition) is 3. The van der Waals surface area contributed by atoms with Crippen LogP contribution in [0.1, 0.15) is 17.3 Å². The van der Waals surface area contributed by atoms with Gasteiger partial charge < -0.3 is 9.47 Å². The maximum atomic E-state index is 13.2. The van der Waals surface area contributed by atoms with E-state index in [4.69, 9.17) is 0 Å². The minimum Gasteiger partial charge on any atom is -0.462 e. The molecule has 7 heteroatoms. The Morgan fingerprint density at radius 1 is 1.29 bits per heavy atom. The first-order valence-corrected chi connectivity index (χ1v) is 4.56. The van der Waals surface area contributed by atoms with Crippen LogP contribution in [0.15, 0.2) is 12.1 Å². The molecule has 0 aliphatic carbocycles. The fourth-order valence-corrected chi connectivity index (χ4v) is 1.08. The Morgan fingerprint density at radius 2 is 1.94 bits per heavy atom. The lowest BCUT2D eigenvalue weighted by Crippen LogP contribution is -2.10. The molecule has 3 nitrogen and oxygen atoms in total. The summed E-state index contributed by atoms with van der Waals surface area (Å²) in [4.78, 5) is 11.2. The number of carbonyl (C=O) groups is 1. The van der Waals surface area contributed by atoms with Gasteiger partial charge in [0.25, 0.3) is 0 Å². The summed E-state index contributed by atoms with van der Waals surface area (Å²) in [5.74, 6) is -4.52. The van der Waals surface area contributed by atoms with E-state index in [-0.39, 0.29) is 12.7 Å². The van der Waals surface area contributed by atoms with Crippen molar-refractivity contribution < 1.29 is 31.8 Å². The van der Waals surface area contributed by atoms with Crippen LogP contribution in [-0.2, 0) is 4.74 Å². The van der Waals surface area contributed by atoms with Crippen molar-refractivity contribution in [3.05, 3.63) is 29.3 Å². The van der Waals surface area contributed by atoms with Crippen LogP contribution >= 0.6 is 0 Å². The molecule has 1 aromatic carbocycles. The van der Waals surface area contributed by atoms with Crippen LogP contribution in [0.4, 0.5) is 17.6 Å². The van der Waals surface area contributed by atoms with E-state index < -0.39 is 35.5 Å². The van der Waals surface area contributed by atoms with Crippen LogP contribution in [0.25, 0.3) is 0 Å². The number of hydrogen-bond donors (Lipinski definition) is 0. The molecule has 0 aliphatic rings. The van der Waals surface area contributed by atoms with Gasteiger partial charge in [0, 0.05) is 12.1 Å². The number of ether oxygens (including phenoxy) is 2. The van der Waals surface area contributed by atoms with Gasteiger partial charge in [0.05, 0.1) is 12.2 Å². The van der Waals surface area contributed by atoms with Gasteiger partial charge in [-0.1, -0.05) is 0 Å². The van der Waals surface area contributed by atoms with Gasteiger partial charge in [-0.05, 0) is 6.92 Å². The normalized spacial score (nSPS) is 10.5. The van der Waals surface area contributed by atoms with Gasteiger partial charge >= 0.3 is 12.6 Å². The van der Waals surface area contributed by atoms with Crippen LogP contribution in [0.3, 0.4) is 0 Å². The summed E-state index contributed by atoms with van der Waals surface area (Å²) in [7, 11) is 0. The van der Waals surface area contributed by atoms with Crippen LogP contribution in [0.5, 0.6) is 5.75 Å². The molecule has 0 fully saturated rings. The van der Waals surface area contributed by atoms with E-state index >= 15 is 0 Å². The average Bonchev–Trinajstić information content (AvgIpc) is 2.21. The molecule has 0 bridgehead atoms. The third kappa shape index (κ3) is 3.33. The van der Waals surface area contributed by atoms with Crippen molar-refractivity contribution in [1.29, 1.82) is 0 Å². The van der Waals surface area contributed by atoms with Crippen LogP contribution in [0.2, 0.25) is 0 Å². The summed E-state index contributed by atoms with van der Waals surface area (Å²) in [6, 6.07) is 0.818. The van der Waals surface area contributed by atoms with Crippen molar-refractivity contribution >= 4 is 5.97 Å². The Balaban J connectivity index is 3.09. The molecule has 0 atom stereocenters. The van der Waals surface area contributed by atoms with E-state index in [1.165, 1.54) is 6.92 Å². The van der Waals surface area contributed by atoms with E-state index in [9.17, 15) is 22.4 Å². The third-order valence-electron chi connectivity index (χ3n) is 1.73. The molecule has 1 rings (SSSR count). The molecule has 0 spiro atoms. The van der Waals surface area contributed by atoms with E-state index in [1.54, 1.807) is 0 Å². The Kier molecular flexibility index (Phi) is 4.30. The van der Waals surface area contributed by atoms with Gasteiger partial charge in [-0.3, -0.25) is 0 Å². The zero-order chi connectivity index (χ0) is 13.0. The van der Waals surface area contributed by atoms with Gasteiger partial charge in [-0.25, -0.2) is 13.6 Å². The standard InChI is InChI=1S/C10H8F4O3/c1-2-16-9(15)5-3-8(17-10(13)14)7(12)4-6(5)11/h3-4,10H,2H2,1H3. The Hall–Kier alpha value is -1.79. The second-order valence-corrected chi connectivity index (χ2v) is 2.86. The largest absolute Gasteiger partial charge is 0.462 e. The first-order chi connectivity index (χ1) is 7.95. The molecule has 0 heterocycles. The zero-order valence-corrected chi connectivity index (χ0v) is 8.68. The van der Waals surface area contributed by atoms with Crippen LogP contribution < -0.4 is 4.74 Å². The number of esters is 1. The monoisotopic (exact) mass is 252 g/mol. The molecule has 0 radical (unpaired) electrons. The van der Waals surface area contributed by atoms with Gasteiger partial charge in [0.2, 0.25) is 0 Å². The van der Waals surface area contributed by atoms with Crippen LogP contribution in [-0.4, -0.2) is 19.2 Å². The van der Waals surface area contributed by atoms with Crippen molar-refractivity contribution in [1.82, 2.24) is 0 Å². The first kappa shape index (κ1) is 13.3. The van der Waals surface area contributed by atoms with Crippen molar-refractivity contribution in [3.8, 4) is 5.75 Å². The number of halogens is 4. The van der Waals surface area contributed by atoms with Crippen molar-refractivity contribution in [3.63, 3.8) is 0 Å². The summed E-state index contributed by atoms with van der Waals surface area (Å²) in [6.45, 7) is -1.82. The Bertz CT molecular complexity index is 420. The fourth-order valence-electron chi connectivity index (χ4n) is 1.08. The number of carbonyl (C=O) groups excluding carboxylic acids is 1. The molecule has 0 saturated carbocycles. The van der Waals surface area contributed by atoms with E-state index in [2.05, 4.69) is 9.47 Å². The van der Waals surface area contributed by atoms with Crippen molar-refractivity contribution in [2.75, 3.05) is 6.61 Å². The number of alkyl halides is 2. The molecule has 1 aromatic rings. The predicted octanol–water partition coefficient (Wildman–Crippen LogP) is 2.74. The second kappa shape index (κ2) is 5.51. The van der Waals surface area contributed by atoms with Gasteiger partial charge in [-0.15, -0.1) is 0 Å². The zero-order valence-electron chi connectivity index (χ0n) is 8.68. The molecule has 17 heavy (non-hydrogen) atoms. The number of benzene rings is 1. The highest BCUT2D eigenvalue weighted by Gasteiger charge is 2.19. The van der Waals surface area contributed by atoms with Crippen molar-refractivity contribution in [2.45, 2.75) is 13.5 Å². The third-order valence-corrected chi connectivity index (χ3v) is 1.73. The topological polar surface area (TPSA) is 35.5 Å². The Morgan fingerprint density at radius 3 is 2.47 bits per heavy atom. The SMILES string of the molecule is CCOC(=O)c1cc(OC(F)F)c(F)cc1F. The maximum absolute atomic E-state index is 13.2. The van der Waals surface area contributed by atoms with Gasteiger partial charge in [0.15, 0.2) is 11.6 Å². The fraction of sp³-hybridized carbons (Fsp3) is 0.300. The molecule has 0 N–H and O–H groups in total. The molecule has 0 amide bonds. The predicted molar refractivity (Wildman–Crippen MR) is 48.9 cm³/mol. The molecular formula is C10H8F4O3. The van der Waals surface area contributed by atoms with E-state index in [0.717, 1.165) is 0 Å². The lowest BCUT2D eigenvalue weighted by atomic mass is 10.2. The van der Waals surface area contributed by atoms with Gasteiger partial charge in [-0.2, -0.15) is 8.78 Å². The molecule has 94 valence electrons. The summed E-state index contributed by atoms with van der Waals surface area (Å²) >= 11 is 0. The molecule has 0 aromatic heterocycles. The molecule has 0 saturated heterocycles. The minimum atomic E-state index is -3.27. The summed E-state index contributed by atoms with van der Waals surface area (Å²) in [5.41, 5.74) is -0.663. The second-order valence-electron chi connectivity index (χ2n) is 2.86. The lowest BCUT2D eigenvalue weighted by Gasteiger charge is -2.08. The van der Waals surface area contributed by atoms with Crippen molar-refractivity contribution in [2.24, 2.45) is 0 Å². The van der Waals surface area contributed by atoms with E-state index in [0.29, 0.717) is 6.07 Å². The highest BCUT2D eigenvalue weighted by molar-refractivity contribution is 5.90. The summed E-state index contributed by atoms with van der Waals surface area (Å²) in [5, 5.41) is 0. The smallest absolute Gasteiger partial charge is 0.387 e. The summed E-state index contributed by atoms with van der Waals surface area (Å²) < 4.78 is 58.2.